The number of ether oxygens (including phenoxy) is 1. The van der Waals surface area contributed by atoms with Crippen molar-refractivity contribution in [2.75, 3.05) is 36.0 Å². The van der Waals surface area contributed by atoms with Crippen molar-refractivity contribution in [2.45, 2.75) is 46.1 Å². The molecule has 1 aliphatic rings. The first-order chi connectivity index (χ1) is 18.9. The van der Waals surface area contributed by atoms with E-state index < -0.39 is 5.82 Å². The summed E-state index contributed by atoms with van der Waals surface area (Å²) in [6.45, 7) is 8.65. The highest BCUT2D eigenvalue weighted by atomic mass is 19.1. The van der Waals surface area contributed by atoms with Gasteiger partial charge in [-0.05, 0) is 56.5 Å². The lowest BCUT2D eigenvalue weighted by atomic mass is 10.0. The Morgan fingerprint density at radius 2 is 1.95 bits per heavy atom. The first kappa shape index (κ1) is 26.6. The van der Waals surface area contributed by atoms with Gasteiger partial charge in [0.2, 0.25) is 5.88 Å². The van der Waals surface area contributed by atoms with E-state index in [1.54, 1.807) is 4.40 Å². The number of aryl methyl sites for hydroxylation is 2. The Hall–Kier alpha value is -4.01. The number of nitrogens with zero attached hydrogens (tertiary/aromatic N) is 5. The quantitative estimate of drug-likeness (QED) is 0.265. The molecule has 0 radical (unpaired) electrons. The molecule has 7 nitrogen and oxygen atoms in total. The largest absolute Gasteiger partial charge is 0.478 e. The van der Waals surface area contributed by atoms with Crippen LogP contribution in [-0.2, 0) is 12.8 Å². The number of carbonyl (C=O) groups excluding carboxylic acids is 1. The first-order valence-electron chi connectivity index (χ1n) is 13.5. The van der Waals surface area contributed by atoms with Gasteiger partial charge in [0, 0.05) is 50.4 Å². The van der Waals surface area contributed by atoms with E-state index in [2.05, 4.69) is 26.7 Å². The van der Waals surface area contributed by atoms with Crippen molar-refractivity contribution in [3.63, 3.8) is 0 Å². The molecule has 39 heavy (non-hydrogen) atoms. The molecular formula is C30H33F2N5O2. The van der Waals surface area contributed by atoms with Crippen LogP contribution in [0.4, 0.5) is 20.2 Å². The molecular weight excluding hydrogens is 500 g/mol. The second-order valence-corrected chi connectivity index (χ2v) is 9.82. The van der Waals surface area contributed by atoms with Gasteiger partial charge >= 0.3 is 0 Å². The van der Waals surface area contributed by atoms with Gasteiger partial charge in [0.1, 0.15) is 23.0 Å². The van der Waals surface area contributed by atoms with Gasteiger partial charge in [-0.2, -0.15) is 0 Å². The number of hydrogen-bond donors (Lipinski definition) is 0. The number of fused-ring (bicyclic) bond motifs is 1. The normalized spacial score (nSPS) is 15.7. The molecule has 1 fully saturated rings. The Morgan fingerprint density at radius 1 is 1.10 bits per heavy atom. The predicted octanol–water partition coefficient (Wildman–Crippen LogP) is 5.50. The van der Waals surface area contributed by atoms with E-state index in [1.807, 2.05) is 44.3 Å². The van der Waals surface area contributed by atoms with Crippen molar-refractivity contribution < 1.29 is 18.3 Å². The van der Waals surface area contributed by atoms with E-state index in [1.165, 1.54) is 24.4 Å². The minimum absolute atomic E-state index is 0.0934. The number of Topliss-reactive ketones (excluding diaryl/α,β-unsaturated/α-hetero) is 1. The number of carbonyl (C=O) groups is 1. The summed E-state index contributed by atoms with van der Waals surface area (Å²) in [4.78, 5) is 26.2. The molecule has 1 aliphatic heterocycles. The van der Waals surface area contributed by atoms with Crippen LogP contribution in [-0.4, -0.2) is 52.4 Å². The van der Waals surface area contributed by atoms with Gasteiger partial charge in [-0.1, -0.05) is 13.0 Å². The topological polar surface area (TPSA) is 63.0 Å². The molecule has 1 atom stereocenters. The van der Waals surface area contributed by atoms with E-state index in [4.69, 9.17) is 4.74 Å². The molecule has 0 spiro atoms. The van der Waals surface area contributed by atoms with Crippen molar-refractivity contribution in [3.05, 3.63) is 83.4 Å². The molecule has 5 rings (SSSR count). The third kappa shape index (κ3) is 5.57. The van der Waals surface area contributed by atoms with Crippen molar-refractivity contribution in [2.24, 2.45) is 0 Å². The average Bonchev–Trinajstić information content (AvgIpc) is 3.30. The molecule has 204 valence electrons. The van der Waals surface area contributed by atoms with Crippen LogP contribution in [0.2, 0.25) is 0 Å². The number of rotatable bonds is 9. The van der Waals surface area contributed by atoms with E-state index in [0.717, 1.165) is 17.8 Å². The molecule has 0 saturated carbocycles. The molecule has 1 aromatic carbocycles. The standard InChI is InChI=1S/C30H33F2N5O2/c1-4-25-30(37-13-12-22(31)17-28(37)34-25)27(38)10-7-21-6-9-26(24(32)16-21)35-14-15-36(20(3)19-35)23-8-11-29(33-18-23)39-5-2/h6,8-9,11-13,16-18,20H,4-5,7,10,14-15,19H2,1-3H3/t20-/m0/s1. The number of benzene rings is 1. The van der Waals surface area contributed by atoms with Crippen LogP contribution < -0.4 is 14.5 Å². The fourth-order valence-electron chi connectivity index (χ4n) is 5.28. The van der Waals surface area contributed by atoms with Gasteiger partial charge in [-0.15, -0.1) is 0 Å². The maximum Gasteiger partial charge on any atom is 0.213 e. The third-order valence-electron chi connectivity index (χ3n) is 7.23. The highest BCUT2D eigenvalue weighted by Gasteiger charge is 2.26. The second kappa shape index (κ2) is 11.4. The molecule has 0 bridgehead atoms. The minimum Gasteiger partial charge on any atom is -0.478 e. The van der Waals surface area contributed by atoms with Gasteiger partial charge in [0.25, 0.3) is 0 Å². The molecule has 0 N–H and O–H groups in total. The zero-order chi connectivity index (χ0) is 27.5. The smallest absolute Gasteiger partial charge is 0.213 e. The Labute approximate surface area is 227 Å². The van der Waals surface area contributed by atoms with Crippen LogP contribution in [0.3, 0.4) is 0 Å². The highest BCUT2D eigenvalue weighted by Crippen LogP contribution is 2.27. The number of anilines is 2. The third-order valence-corrected chi connectivity index (χ3v) is 7.23. The van der Waals surface area contributed by atoms with Crippen LogP contribution in [0, 0.1) is 11.6 Å². The van der Waals surface area contributed by atoms with Crippen LogP contribution in [0.5, 0.6) is 5.88 Å². The number of halogens is 2. The average molecular weight is 534 g/mol. The molecule has 4 heterocycles. The summed E-state index contributed by atoms with van der Waals surface area (Å²) in [5.41, 5.74) is 3.88. The van der Waals surface area contributed by atoms with Crippen molar-refractivity contribution in [1.82, 2.24) is 14.4 Å². The number of piperazine rings is 1. The van der Waals surface area contributed by atoms with Crippen LogP contribution in [0.1, 0.15) is 48.9 Å². The number of imidazole rings is 1. The highest BCUT2D eigenvalue weighted by molar-refractivity contribution is 5.96. The number of aromatic nitrogens is 3. The first-order valence-corrected chi connectivity index (χ1v) is 13.5. The lowest BCUT2D eigenvalue weighted by Crippen LogP contribution is -2.52. The fraction of sp³-hybridized carbons (Fsp3) is 0.367. The number of pyridine rings is 2. The van der Waals surface area contributed by atoms with Crippen molar-refractivity contribution in [3.8, 4) is 5.88 Å². The van der Waals surface area contributed by atoms with Gasteiger partial charge in [-0.3, -0.25) is 9.20 Å². The molecule has 0 amide bonds. The number of ketones is 1. The SMILES string of the molecule is CCOc1ccc(N2CCN(c3ccc(CCC(=O)c4c(CC)nc5cc(F)ccn45)cc3F)C[C@@H]2C)cn1. The predicted molar refractivity (Wildman–Crippen MR) is 148 cm³/mol. The molecule has 3 aromatic heterocycles. The Kier molecular flexibility index (Phi) is 7.77. The van der Waals surface area contributed by atoms with E-state index in [0.29, 0.717) is 61.1 Å². The lowest BCUT2D eigenvalue weighted by Gasteiger charge is -2.42. The van der Waals surface area contributed by atoms with Crippen LogP contribution in [0.25, 0.3) is 5.65 Å². The zero-order valence-corrected chi connectivity index (χ0v) is 22.5. The maximum atomic E-state index is 15.2. The monoisotopic (exact) mass is 533 g/mol. The van der Waals surface area contributed by atoms with Crippen molar-refractivity contribution in [1.29, 1.82) is 0 Å². The maximum absolute atomic E-state index is 15.2. The molecule has 9 heteroatoms. The van der Waals surface area contributed by atoms with E-state index in [9.17, 15) is 9.18 Å². The molecule has 0 unspecified atom stereocenters. The summed E-state index contributed by atoms with van der Waals surface area (Å²) in [6, 6.07) is 11.9. The Morgan fingerprint density at radius 3 is 2.64 bits per heavy atom. The molecule has 0 aliphatic carbocycles. The lowest BCUT2D eigenvalue weighted by molar-refractivity contribution is 0.0976. The summed E-state index contributed by atoms with van der Waals surface area (Å²) in [5.74, 6) is -0.170. The molecule has 1 saturated heterocycles. The van der Waals surface area contributed by atoms with Gasteiger partial charge in [-0.25, -0.2) is 18.7 Å². The summed E-state index contributed by atoms with van der Waals surface area (Å²) < 4.78 is 35.9. The van der Waals surface area contributed by atoms with Crippen molar-refractivity contribution >= 4 is 22.8 Å². The summed E-state index contributed by atoms with van der Waals surface area (Å²) in [7, 11) is 0. The fourth-order valence-corrected chi connectivity index (χ4v) is 5.28. The summed E-state index contributed by atoms with van der Waals surface area (Å²) in [6.07, 6.45) is 4.54. The van der Waals surface area contributed by atoms with E-state index >= 15 is 4.39 Å². The Bertz CT molecular complexity index is 1470. The van der Waals surface area contributed by atoms with Gasteiger partial charge < -0.3 is 14.5 Å². The Balaban J connectivity index is 1.23. The summed E-state index contributed by atoms with van der Waals surface area (Å²) >= 11 is 0. The minimum atomic E-state index is -0.395. The second-order valence-electron chi connectivity index (χ2n) is 9.82. The van der Waals surface area contributed by atoms with Gasteiger partial charge in [0.15, 0.2) is 5.78 Å². The summed E-state index contributed by atoms with van der Waals surface area (Å²) in [5, 5.41) is 0. The van der Waals surface area contributed by atoms with E-state index in [-0.39, 0.29) is 24.1 Å². The van der Waals surface area contributed by atoms with Crippen LogP contribution >= 0.6 is 0 Å². The van der Waals surface area contributed by atoms with Crippen LogP contribution in [0.15, 0.2) is 54.9 Å². The number of hydrogen-bond acceptors (Lipinski definition) is 6. The molecule has 4 aromatic rings. The zero-order valence-electron chi connectivity index (χ0n) is 22.5. The van der Waals surface area contributed by atoms with Gasteiger partial charge in [0.05, 0.1) is 29.9 Å².